The second-order valence-electron chi connectivity index (χ2n) is 2.26. The van der Waals surface area contributed by atoms with Crippen molar-refractivity contribution in [3.8, 4) is 0 Å². The Hall–Kier alpha value is -1.47. The van der Waals surface area contributed by atoms with Crippen molar-refractivity contribution in [3.63, 3.8) is 0 Å². The Morgan fingerprint density at radius 1 is 1.64 bits per heavy atom. The number of carbonyl (C=O) groups excluding carboxylic acids is 1. The summed E-state index contributed by atoms with van der Waals surface area (Å²) in [5.41, 5.74) is 0.259. The molecule has 1 atom stereocenters. The molecule has 0 bridgehead atoms. The Morgan fingerprint density at radius 3 is 2.79 bits per heavy atom. The summed E-state index contributed by atoms with van der Waals surface area (Å²) in [7, 11) is 1.25. The number of methoxy groups -OCH3 is 1. The van der Waals surface area contributed by atoms with Gasteiger partial charge in [0.1, 0.15) is 5.82 Å². The van der Waals surface area contributed by atoms with Gasteiger partial charge in [0.05, 0.1) is 12.7 Å². The minimum atomic E-state index is -2.41. The normalized spacial score (nSPS) is 11.9. The van der Waals surface area contributed by atoms with Crippen LogP contribution in [0.3, 0.4) is 0 Å². The first-order valence-electron chi connectivity index (χ1n) is 3.54. The van der Waals surface area contributed by atoms with E-state index in [9.17, 15) is 13.6 Å². The number of ether oxygens (including phenoxy) is 1. The number of esters is 1. The highest BCUT2D eigenvalue weighted by atomic mass is 32.2. The van der Waals surface area contributed by atoms with Gasteiger partial charge < -0.3 is 14.0 Å². The average molecular weight is 215 g/mol. The van der Waals surface area contributed by atoms with Crippen LogP contribution in [0.4, 0.5) is 5.82 Å². The number of nitrogens with zero attached hydrogens (tertiary/aromatic N) is 1. The molecular formula is C7H7N2O4S-. The van der Waals surface area contributed by atoms with Crippen LogP contribution >= 0.6 is 0 Å². The highest BCUT2D eigenvalue weighted by Crippen LogP contribution is 2.06. The van der Waals surface area contributed by atoms with Crippen LogP contribution < -0.4 is 4.72 Å². The summed E-state index contributed by atoms with van der Waals surface area (Å²) in [6.07, 6.45) is 1.22. The lowest BCUT2D eigenvalue weighted by Gasteiger charge is -2.07. The molecule has 0 saturated heterocycles. The summed E-state index contributed by atoms with van der Waals surface area (Å²) in [4.78, 5) is 14.6. The van der Waals surface area contributed by atoms with Gasteiger partial charge in [-0.25, -0.2) is 9.78 Å². The van der Waals surface area contributed by atoms with Crippen molar-refractivity contribution in [2.45, 2.75) is 0 Å². The molecule has 0 spiro atoms. The molecule has 7 heteroatoms. The van der Waals surface area contributed by atoms with Crippen LogP contribution in [0.1, 0.15) is 10.4 Å². The zero-order valence-electron chi connectivity index (χ0n) is 7.22. The van der Waals surface area contributed by atoms with Gasteiger partial charge in [0.15, 0.2) is 0 Å². The first-order valence-corrected chi connectivity index (χ1v) is 4.61. The van der Waals surface area contributed by atoms with Crippen molar-refractivity contribution >= 4 is 23.1 Å². The molecule has 14 heavy (non-hydrogen) atoms. The lowest BCUT2D eigenvalue weighted by atomic mass is 10.3. The van der Waals surface area contributed by atoms with E-state index in [1.165, 1.54) is 25.4 Å². The van der Waals surface area contributed by atoms with Gasteiger partial charge in [0.25, 0.3) is 0 Å². The third-order valence-corrected chi connectivity index (χ3v) is 1.75. The fraction of sp³-hybridized carbons (Fsp3) is 0.143. The van der Waals surface area contributed by atoms with E-state index in [2.05, 4.69) is 9.72 Å². The number of anilines is 1. The standard InChI is InChI=1S/C7H8N2O4S/c1-13-7(10)5-2-3-6(8-4-5)9-14(11)12/h2-4H,1H3,(H,8,9)(H,11,12)/p-1. The van der Waals surface area contributed by atoms with Crippen molar-refractivity contribution in [1.82, 2.24) is 4.98 Å². The molecule has 1 aromatic heterocycles. The Kier molecular flexibility index (Phi) is 3.55. The van der Waals surface area contributed by atoms with E-state index in [1.54, 1.807) is 0 Å². The number of rotatable bonds is 3. The first-order chi connectivity index (χ1) is 6.63. The summed E-state index contributed by atoms with van der Waals surface area (Å²) in [6, 6.07) is 2.77. The SMILES string of the molecule is COC(=O)c1ccc(NS(=O)[O-])nc1. The van der Waals surface area contributed by atoms with Crippen LogP contribution in [0.5, 0.6) is 0 Å². The Labute approximate surface area is 82.7 Å². The topological polar surface area (TPSA) is 91.3 Å². The number of hydrogen-bond donors (Lipinski definition) is 1. The van der Waals surface area contributed by atoms with Crippen LogP contribution in [0.25, 0.3) is 0 Å². The van der Waals surface area contributed by atoms with Gasteiger partial charge in [-0.3, -0.25) is 4.21 Å². The highest BCUT2D eigenvalue weighted by Gasteiger charge is 2.04. The van der Waals surface area contributed by atoms with Gasteiger partial charge in [-0.2, -0.15) is 0 Å². The molecule has 0 amide bonds. The molecule has 0 aromatic carbocycles. The van der Waals surface area contributed by atoms with Crippen LogP contribution in [-0.4, -0.2) is 26.8 Å². The Morgan fingerprint density at radius 2 is 2.36 bits per heavy atom. The van der Waals surface area contributed by atoms with E-state index < -0.39 is 17.2 Å². The van der Waals surface area contributed by atoms with Crippen LogP contribution in [0.15, 0.2) is 18.3 Å². The molecule has 6 nitrogen and oxygen atoms in total. The van der Waals surface area contributed by atoms with E-state index in [-0.39, 0.29) is 11.4 Å². The van der Waals surface area contributed by atoms with E-state index in [0.29, 0.717) is 0 Å². The molecule has 1 N–H and O–H groups in total. The summed E-state index contributed by atoms with van der Waals surface area (Å²) >= 11 is -2.41. The molecule has 0 aliphatic carbocycles. The molecule has 0 fully saturated rings. The number of carbonyl (C=O) groups is 1. The highest BCUT2D eigenvalue weighted by molar-refractivity contribution is 7.80. The van der Waals surface area contributed by atoms with Gasteiger partial charge in [-0.15, -0.1) is 0 Å². The average Bonchev–Trinajstić information content (AvgIpc) is 2.17. The van der Waals surface area contributed by atoms with Crippen molar-refractivity contribution in [2.75, 3.05) is 11.8 Å². The Bertz CT molecular complexity index is 351. The summed E-state index contributed by atoms with van der Waals surface area (Å²) in [6.45, 7) is 0. The summed E-state index contributed by atoms with van der Waals surface area (Å²) in [5, 5.41) is 0. The number of hydrogen-bond acceptors (Lipinski definition) is 5. The largest absolute Gasteiger partial charge is 0.755 e. The third kappa shape index (κ3) is 2.79. The van der Waals surface area contributed by atoms with Crippen molar-refractivity contribution in [3.05, 3.63) is 23.9 Å². The lowest BCUT2D eigenvalue weighted by molar-refractivity contribution is 0.0600. The molecule has 1 rings (SSSR count). The fourth-order valence-corrected chi connectivity index (χ4v) is 1.07. The first kappa shape index (κ1) is 10.6. The summed E-state index contributed by atoms with van der Waals surface area (Å²) < 4.78 is 26.9. The van der Waals surface area contributed by atoms with Crippen molar-refractivity contribution in [1.29, 1.82) is 0 Å². The van der Waals surface area contributed by atoms with Gasteiger partial charge >= 0.3 is 5.97 Å². The number of pyridine rings is 1. The smallest absolute Gasteiger partial charge is 0.339 e. The summed E-state index contributed by atoms with van der Waals surface area (Å²) in [5.74, 6) is -0.377. The van der Waals surface area contributed by atoms with Gasteiger partial charge in [-0.1, -0.05) is 0 Å². The lowest BCUT2D eigenvalue weighted by Crippen LogP contribution is -2.06. The molecule has 0 aliphatic heterocycles. The van der Waals surface area contributed by atoms with Crippen molar-refractivity contribution in [2.24, 2.45) is 0 Å². The van der Waals surface area contributed by atoms with Crippen LogP contribution in [0, 0.1) is 0 Å². The minimum Gasteiger partial charge on any atom is -0.755 e. The quantitative estimate of drug-likeness (QED) is 0.569. The molecule has 1 aromatic rings. The maximum absolute atomic E-state index is 10.9. The number of nitrogens with one attached hydrogen (secondary N) is 1. The number of aromatic nitrogens is 1. The monoisotopic (exact) mass is 215 g/mol. The maximum atomic E-state index is 10.9. The van der Waals surface area contributed by atoms with Crippen LogP contribution in [-0.2, 0) is 16.0 Å². The molecule has 0 aliphatic rings. The van der Waals surface area contributed by atoms with E-state index >= 15 is 0 Å². The molecule has 1 heterocycles. The predicted molar refractivity (Wildman–Crippen MR) is 48.1 cm³/mol. The molecule has 0 saturated carbocycles. The zero-order valence-corrected chi connectivity index (χ0v) is 8.04. The Balaban J connectivity index is 2.78. The van der Waals surface area contributed by atoms with E-state index in [4.69, 9.17) is 0 Å². The molecular weight excluding hydrogens is 208 g/mol. The maximum Gasteiger partial charge on any atom is 0.339 e. The van der Waals surface area contributed by atoms with Crippen molar-refractivity contribution < 1.29 is 18.3 Å². The second kappa shape index (κ2) is 4.68. The van der Waals surface area contributed by atoms with E-state index in [0.717, 1.165) is 0 Å². The molecule has 0 radical (unpaired) electrons. The van der Waals surface area contributed by atoms with Gasteiger partial charge in [0, 0.05) is 17.5 Å². The van der Waals surface area contributed by atoms with E-state index in [1.807, 2.05) is 4.72 Å². The van der Waals surface area contributed by atoms with Gasteiger partial charge in [-0.05, 0) is 12.1 Å². The molecule has 1 unspecified atom stereocenters. The van der Waals surface area contributed by atoms with Gasteiger partial charge in [0.2, 0.25) is 0 Å². The second-order valence-corrected chi connectivity index (χ2v) is 2.93. The fourth-order valence-electron chi connectivity index (χ4n) is 0.778. The minimum absolute atomic E-state index is 0.144. The van der Waals surface area contributed by atoms with Crippen LogP contribution in [0.2, 0.25) is 0 Å². The third-order valence-electron chi connectivity index (χ3n) is 1.37. The molecule has 76 valence electrons. The zero-order chi connectivity index (χ0) is 10.6. The predicted octanol–water partition coefficient (Wildman–Crippen LogP) is 0.0742.